The lowest BCUT2D eigenvalue weighted by molar-refractivity contribution is 0.193. The van der Waals surface area contributed by atoms with Gasteiger partial charge in [0, 0.05) is 0 Å². The summed E-state index contributed by atoms with van der Waals surface area (Å²) in [7, 11) is 1.53. The first kappa shape index (κ1) is 23.3. The normalized spacial score (nSPS) is 12.3. The second-order valence-corrected chi connectivity index (χ2v) is 7.17. The number of hydrogen-bond donors (Lipinski definition) is 0. The molecule has 1 atom stereocenters. The van der Waals surface area contributed by atoms with Gasteiger partial charge in [0.1, 0.15) is 31.0 Å². The van der Waals surface area contributed by atoms with Crippen LogP contribution < -0.4 is 14.2 Å². The molecule has 0 aliphatic carbocycles. The highest BCUT2D eigenvalue weighted by Crippen LogP contribution is 2.28. The van der Waals surface area contributed by atoms with Crippen LogP contribution in [0.3, 0.4) is 0 Å². The van der Waals surface area contributed by atoms with E-state index in [1.165, 1.54) is 7.11 Å². The predicted octanol–water partition coefficient (Wildman–Crippen LogP) is 5.87. The van der Waals surface area contributed by atoms with Gasteiger partial charge in [-0.15, -0.1) is 0 Å². The van der Waals surface area contributed by atoms with Gasteiger partial charge < -0.3 is 19.0 Å². The van der Waals surface area contributed by atoms with Crippen LogP contribution in [0.1, 0.15) is 43.4 Å². The highest BCUT2D eigenvalue weighted by molar-refractivity contribution is 5.79. The van der Waals surface area contributed by atoms with E-state index in [9.17, 15) is 0 Å². The van der Waals surface area contributed by atoms with Crippen LogP contribution in [-0.4, -0.2) is 32.6 Å². The summed E-state index contributed by atoms with van der Waals surface area (Å²) in [4.78, 5) is 4.72. The zero-order valence-electron chi connectivity index (χ0n) is 18.7. The number of allylic oxidation sites excluding steroid dienone is 1. The lowest BCUT2D eigenvalue weighted by Gasteiger charge is -2.17. The topological polar surface area (TPSA) is 49.3 Å². The maximum atomic E-state index is 6.06. The van der Waals surface area contributed by atoms with Crippen molar-refractivity contribution in [3.63, 3.8) is 0 Å². The molecule has 2 aromatic rings. The number of hydrogen-bond acceptors (Lipinski definition) is 5. The molecular weight excluding hydrogens is 378 g/mol. The van der Waals surface area contributed by atoms with Gasteiger partial charge in [-0.1, -0.05) is 29.4 Å². The molecule has 5 heteroatoms. The van der Waals surface area contributed by atoms with Gasteiger partial charge in [0.15, 0.2) is 0 Å². The van der Waals surface area contributed by atoms with Gasteiger partial charge in [-0.3, -0.25) is 0 Å². The van der Waals surface area contributed by atoms with E-state index in [0.717, 1.165) is 46.8 Å². The minimum Gasteiger partial charge on any atom is -0.493 e. The summed E-state index contributed by atoms with van der Waals surface area (Å²) >= 11 is 0. The molecule has 0 saturated heterocycles. The third-order valence-corrected chi connectivity index (χ3v) is 4.52. The Balaban J connectivity index is 1.80. The zero-order valence-corrected chi connectivity index (χ0v) is 18.7. The highest BCUT2D eigenvalue weighted by Gasteiger charge is 2.09. The highest BCUT2D eigenvalue weighted by atomic mass is 16.6. The van der Waals surface area contributed by atoms with Gasteiger partial charge in [0.05, 0.1) is 18.9 Å². The number of benzene rings is 2. The lowest BCUT2D eigenvalue weighted by atomic mass is 10.1. The average Bonchev–Trinajstić information content (AvgIpc) is 2.71. The van der Waals surface area contributed by atoms with Crippen molar-refractivity contribution in [2.24, 2.45) is 5.16 Å². The van der Waals surface area contributed by atoms with E-state index in [-0.39, 0.29) is 6.10 Å². The monoisotopic (exact) mass is 411 g/mol. The summed E-state index contributed by atoms with van der Waals surface area (Å²) in [5.74, 6) is 2.63. The molecule has 0 radical (unpaired) electrons. The fourth-order valence-corrected chi connectivity index (χ4v) is 3.08. The molecular formula is C25H33NO4. The van der Waals surface area contributed by atoms with Crippen molar-refractivity contribution in [1.29, 1.82) is 0 Å². The van der Waals surface area contributed by atoms with Crippen molar-refractivity contribution in [2.45, 2.75) is 46.6 Å². The van der Waals surface area contributed by atoms with Gasteiger partial charge in [-0.2, -0.15) is 0 Å². The minimum atomic E-state index is 0.0906. The summed E-state index contributed by atoms with van der Waals surface area (Å²) in [6, 6.07) is 11.8. The van der Waals surface area contributed by atoms with Crippen LogP contribution in [0.4, 0.5) is 0 Å². The van der Waals surface area contributed by atoms with Crippen LogP contribution in [0, 0.1) is 13.8 Å². The second kappa shape index (κ2) is 12.6. The third-order valence-electron chi connectivity index (χ3n) is 4.52. The van der Waals surface area contributed by atoms with Gasteiger partial charge in [0.25, 0.3) is 0 Å². The van der Waals surface area contributed by atoms with Gasteiger partial charge in [-0.05, 0) is 81.5 Å². The van der Waals surface area contributed by atoms with Crippen molar-refractivity contribution in [1.82, 2.24) is 0 Å². The van der Waals surface area contributed by atoms with Crippen LogP contribution in [0.2, 0.25) is 0 Å². The van der Waals surface area contributed by atoms with Crippen LogP contribution >= 0.6 is 0 Å². The molecule has 30 heavy (non-hydrogen) atoms. The van der Waals surface area contributed by atoms with Crippen LogP contribution in [0.5, 0.6) is 17.2 Å². The van der Waals surface area contributed by atoms with Crippen molar-refractivity contribution < 1.29 is 19.0 Å². The molecule has 0 spiro atoms. The van der Waals surface area contributed by atoms with Crippen molar-refractivity contribution in [3.8, 4) is 17.2 Å². The summed E-state index contributed by atoms with van der Waals surface area (Å²) < 4.78 is 17.8. The Morgan fingerprint density at radius 1 is 1.03 bits per heavy atom. The molecule has 0 amide bonds. The van der Waals surface area contributed by atoms with E-state index in [1.54, 1.807) is 6.21 Å². The van der Waals surface area contributed by atoms with Crippen molar-refractivity contribution in [3.05, 3.63) is 65.2 Å². The summed E-state index contributed by atoms with van der Waals surface area (Å²) in [6.45, 7) is 9.39. The second-order valence-electron chi connectivity index (χ2n) is 7.17. The van der Waals surface area contributed by atoms with Crippen molar-refractivity contribution in [2.75, 3.05) is 20.3 Å². The molecule has 0 saturated carbocycles. The first-order valence-corrected chi connectivity index (χ1v) is 10.3. The molecule has 1 unspecified atom stereocenters. The fourth-order valence-electron chi connectivity index (χ4n) is 3.08. The number of nitrogens with zero attached hydrogens (tertiary/aromatic N) is 1. The van der Waals surface area contributed by atoms with Gasteiger partial charge in [0.2, 0.25) is 0 Å². The smallest absolute Gasteiger partial charge is 0.125 e. The Kier molecular flexibility index (Phi) is 9.78. The molecule has 2 aromatic carbocycles. The Morgan fingerprint density at radius 3 is 2.50 bits per heavy atom. The maximum Gasteiger partial charge on any atom is 0.125 e. The quantitative estimate of drug-likeness (QED) is 0.190. The Hall–Kier alpha value is -2.95. The number of oxime groups is 1. The number of rotatable bonds is 12. The average molecular weight is 412 g/mol. The molecule has 0 bridgehead atoms. The Labute approximate surface area is 180 Å². The van der Waals surface area contributed by atoms with Crippen LogP contribution in [0.25, 0.3) is 0 Å². The first-order chi connectivity index (χ1) is 14.5. The van der Waals surface area contributed by atoms with Gasteiger partial charge >= 0.3 is 0 Å². The molecule has 0 N–H and O–H groups in total. The maximum absolute atomic E-state index is 6.06. The number of aryl methyl sites for hydroxylation is 2. The summed E-state index contributed by atoms with van der Waals surface area (Å²) in [5.41, 5.74) is 3.11. The van der Waals surface area contributed by atoms with Crippen molar-refractivity contribution >= 4 is 6.21 Å². The fraction of sp³-hybridized carbons (Fsp3) is 0.400. The molecule has 0 aliphatic rings. The third kappa shape index (κ3) is 7.82. The minimum absolute atomic E-state index is 0.0906. The zero-order chi connectivity index (χ0) is 21.8. The molecule has 162 valence electrons. The van der Waals surface area contributed by atoms with E-state index < -0.39 is 0 Å². The van der Waals surface area contributed by atoms with Crippen LogP contribution in [-0.2, 0) is 4.84 Å². The molecule has 5 nitrogen and oxygen atoms in total. The Morgan fingerprint density at radius 2 is 1.80 bits per heavy atom. The molecule has 0 heterocycles. The summed E-state index contributed by atoms with van der Waals surface area (Å²) in [6.07, 6.45) is 7.53. The SMILES string of the molecule is C/C=C/COc1cc(C)c(OCCCC(C)Oc2cccc(C=NOC)c2)c(C)c1. The standard InChI is InChI=1S/C25H33NO4/c1-6-7-13-28-24-15-19(2)25(20(3)16-24)29-14-9-10-21(4)30-23-12-8-11-22(17-23)18-26-27-5/h6-8,11-12,15-18,21H,9-10,13-14H2,1-5H3/b7-6+,26-18?. The van der Waals surface area contributed by atoms with E-state index in [2.05, 4.69) is 25.9 Å². The lowest BCUT2D eigenvalue weighted by Crippen LogP contribution is -2.13. The molecule has 0 aromatic heterocycles. The molecule has 0 fully saturated rings. The summed E-state index contributed by atoms with van der Waals surface area (Å²) in [5, 5.41) is 3.78. The largest absolute Gasteiger partial charge is 0.493 e. The number of ether oxygens (including phenoxy) is 3. The predicted molar refractivity (Wildman–Crippen MR) is 122 cm³/mol. The first-order valence-electron chi connectivity index (χ1n) is 10.3. The van der Waals surface area contributed by atoms with E-state index in [1.807, 2.05) is 55.5 Å². The van der Waals surface area contributed by atoms with E-state index in [0.29, 0.717) is 13.2 Å². The van der Waals surface area contributed by atoms with Gasteiger partial charge in [-0.25, -0.2) is 0 Å². The van der Waals surface area contributed by atoms with E-state index >= 15 is 0 Å². The molecule has 2 rings (SSSR count). The molecule has 0 aliphatic heterocycles. The van der Waals surface area contributed by atoms with E-state index in [4.69, 9.17) is 19.0 Å². The Bertz CT molecular complexity index is 822. The van der Waals surface area contributed by atoms with Crippen LogP contribution in [0.15, 0.2) is 53.7 Å².